The zero-order chi connectivity index (χ0) is 17.9. The van der Waals surface area contributed by atoms with Gasteiger partial charge in [0.1, 0.15) is 11.4 Å². The maximum Gasteiger partial charge on any atom is 0.158 e. The first-order valence-electron chi connectivity index (χ1n) is 8.63. The lowest BCUT2D eigenvalue weighted by Crippen LogP contribution is -2.23. The van der Waals surface area contributed by atoms with Crippen LogP contribution < -0.4 is 5.32 Å². The average Bonchev–Trinajstić information content (AvgIpc) is 2.67. The smallest absolute Gasteiger partial charge is 0.158 e. The van der Waals surface area contributed by atoms with Crippen molar-refractivity contribution >= 4 is 28.2 Å². The third kappa shape index (κ3) is 3.43. The highest BCUT2D eigenvalue weighted by Crippen LogP contribution is 2.35. The van der Waals surface area contributed by atoms with Crippen molar-refractivity contribution in [3.05, 3.63) is 41.7 Å². The number of ether oxygens (including phenoxy) is 1. The monoisotopic (exact) mass is 370 g/mol. The van der Waals surface area contributed by atoms with Gasteiger partial charge in [-0.3, -0.25) is 4.98 Å². The summed E-state index contributed by atoms with van der Waals surface area (Å²) in [5.41, 5.74) is 1.20. The van der Waals surface area contributed by atoms with Gasteiger partial charge in [0.2, 0.25) is 0 Å². The standard InChI is InChI=1S/C19H19ClN4O2/c20-13-1-2-15(17(25)9-13)18-14-3-6-21-11-16(14)19(24-23-18)22-10-12-4-7-26-8-5-12/h1-3,6,9,11-12,25H,4-5,7-8,10H2,(H,22,24). The van der Waals surface area contributed by atoms with Crippen LogP contribution in [0, 0.1) is 5.92 Å². The van der Waals surface area contributed by atoms with E-state index in [0.29, 0.717) is 28.0 Å². The lowest BCUT2D eigenvalue weighted by molar-refractivity contribution is 0.0699. The van der Waals surface area contributed by atoms with Gasteiger partial charge in [0.05, 0.1) is 0 Å². The van der Waals surface area contributed by atoms with Gasteiger partial charge in [-0.25, -0.2) is 0 Å². The van der Waals surface area contributed by atoms with E-state index in [0.717, 1.165) is 43.4 Å². The highest BCUT2D eigenvalue weighted by atomic mass is 35.5. The lowest BCUT2D eigenvalue weighted by atomic mass is 10.0. The zero-order valence-corrected chi connectivity index (χ0v) is 14.9. The Morgan fingerprint density at radius 1 is 1.15 bits per heavy atom. The van der Waals surface area contributed by atoms with Gasteiger partial charge in [0, 0.05) is 53.5 Å². The first-order valence-corrected chi connectivity index (χ1v) is 9.01. The summed E-state index contributed by atoms with van der Waals surface area (Å²) in [5.74, 6) is 1.35. The van der Waals surface area contributed by atoms with Crippen molar-refractivity contribution in [3.63, 3.8) is 0 Å². The second-order valence-corrected chi connectivity index (χ2v) is 6.85. The third-order valence-corrected chi connectivity index (χ3v) is 4.93. The molecule has 1 fully saturated rings. The lowest BCUT2D eigenvalue weighted by Gasteiger charge is -2.22. The number of fused-ring (bicyclic) bond motifs is 1. The first kappa shape index (κ1) is 17.0. The van der Waals surface area contributed by atoms with Gasteiger partial charge >= 0.3 is 0 Å². The maximum absolute atomic E-state index is 10.3. The SMILES string of the molecule is Oc1cc(Cl)ccc1-c1nnc(NCC2CCOCC2)c2cnccc12. The number of pyridine rings is 1. The van der Waals surface area contributed by atoms with Crippen LogP contribution in [0.5, 0.6) is 5.75 Å². The van der Waals surface area contributed by atoms with Crippen LogP contribution in [0.15, 0.2) is 36.7 Å². The summed E-state index contributed by atoms with van der Waals surface area (Å²) in [6, 6.07) is 6.86. The van der Waals surface area contributed by atoms with E-state index in [4.69, 9.17) is 16.3 Å². The molecule has 2 aromatic heterocycles. The van der Waals surface area contributed by atoms with Crippen molar-refractivity contribution < 1.29 is 9.84 Å². The summed E-state index contributed by atoms with van der Waals surface area (Å²) in [4.78, 5) is 4.23. The van der Waals surface area contributed by atoms with Gasteiger partial charge in [-0.05, 0) is 43.0 Å². The van der Waals surface area contributed by atoms with Crippen molar-refractivity contribution in [2.24, 2.45) is 5.92 Å². The number of rotatable bonds is 4. The molecular weight excluding hydrogens is 352 g/mol. The number of aromatic nitrogens is 3. The molecule has 2 N–H and O–H groups in total. The Bertz CT molecular complexity index is 929. The first-order chi connectivity index (χ1) is 12.7. The van der Waals surface area contributed by atoms with Crippen LogP contribution in [-0.2, 0) is 4.74 Å². The van der Waals surface area contributed by atoms with E-state index in [2.05, 4.69) is 20.5 Å². The second kappa shape index (κ2) is 7.43. The number of halogens is 1. The van der Waals surface area contributed by atoms with E-state index < -0.39 is 0 Å². The largest absolute Gasteiger partial charge is 0.507 e. The van der Waals surface area contributed by atoms with Gasteiger partial charge in [-0.2, -0.15) is 0 Å². The molecule has 1 aromatic carbocycles. The average molecular weight is 371 g/mol. The molecule has 26 heavy (non-hydrogen) atoms. The van der Waals surface area contributed by atoms with Gasteiger partial charge in [-0.1, -0.05) is 11.6 Å². The minimum Gasteiger partial charge on any atom is -0.507 e. The quantitative estimate of drug-likeness (QED) is 0.725. The number of hydrogen-bond acceptors (Lipinski definition) is 6. The number of nitrogens with one attached hydrogen (secondary N) is 1. The predicted octanol–water partition coefficient (Wildman–Crippen LogP) is 3.89. The number of anilines is 1. The highest BCUT2D eigenvalue weighted by molar-refractivity contribution is 6.30. The van der Waals surface area contributed by atoms with Crippen molar-refractivity contribution in [1.29, 1.82) is 0 Å². The van der Waals surface area contributed by atoms with Crippen molar-refractivity contribution in [1.82, 2.24) is 15.2 Å². The van der Waals surface area contributed by atoms with Gasteiger partial charge < -0.3 is 15.2 Å². The maximum atomic E-state index is 10.3. The molecule has 1 saturated heterocycles. The molecule has 3 aromatic rings. The van der Waals surface area contributed by atoms with E-state index >= 15 is 0 Å². The highest BCUT2D eigenvalue weighted by Gasteiger charge is 2.17. The van der Waals surface area contributed by atoms with Gasteiger partial charge in [0.15, 0.2) is 5.82 Å². The number of hydrogen-bond donors (Lipinski definition) is 2. The summed E-state index contributed by atoms with van der Waals surface area (Å²) < 4.78 is 5.41. The molecule has 0 amide bonds. The normalized spacial score (nSPS) is 15.3. The fraction of sp³-hybridized carbons (Fsp3) is 0.316. The summed E-state index contributed by atoms with van der Waals surface area (Å²) in [5, 5.41) is 24.6. The van der Waals surface area contributed by atoms with Crippen LogP contribution in [0.4, 0.5) is 5.82 Å². The predicted molar refractivity (Wildman–Crippen MR) is 101 cm³/mol. The van der Waals surface area contributed by atoms with Crippen LogP contribution in [0.1, 0.15) is 12.8 Å². The number of nitrogens with zero attached hydrogens (tertiary/aromatic N) is 3. The molecule has 0 saturated carbocycles. The third-order valence-electron chi connectivity index (χ3n) is 4.70. The van der Waals surface area contributed by atoms with E-state index in [-0.39, 0.29) is 5.75 Å². The Kier molecular flexibility index (Phi) is 4.86. The molecule has 6 nitrogen and oxygen atoms in total. The molecule has 1 aliphatic heterocycles. The molecule has 0 atom stereocenters. The van der Waals surface area contributed by atoms with Crippen molar-refractivity contribution in [3.8, 4) is 17.0 Å². The number of phenolic OH excluding ortho intramolecular Hbond substituents is 1. The Morgan fingerprint density at radius 2 is 2.00 bits per heavy atom. The fourth-order valence-corrected chi connectivity index (χ4v) is 3.39. The molecule has 0 unspecified atom stereocenters. The molecule has 3 heterocycles. The Morgan fingerprint density at radius 3 is 2.81 bits per heavy atom. The summed E-state index contributed by atoms with van der Waals surface area (Å²) in [6.07, 6.45) is 5.58. The summed E-state index contributed by atoms with van der Waals surface area (Å²) >= 11 is 5.94. The Hall–Kier alpha value is -2.44. The number of aromatic hydroxyl groups is 1. The van der Waals surface area contributed by atoms with Crippen LogP contribution in [-0.4, -0.2) is 40.0 Å². The van der Waals surface area contributed by atoms with E-state index in [1.54, 1.807) is 24.5 Å². The molecule has 0 bridgehead atoms. The van der Waals surface area contributed by atoms with Gasteiger partial charge in [0.25, 0.3) is 0 Å². The van der Waals surface area contributed by atoms with E-state index in [1.165, 1.54) is 6.07 Å². The summed E-state index contributed by atoms with van der Waals surface area (Å²) in [7, 11) is 0. The zero-order valence-electron chi connectivity index (χ0n) is 14.2. The second-order valence-electron chi connectivity index (χ2n) is 6.42. The Balaban J connectivity index is 1.69. The van der Waals surface area contributed by atoms with Crippen LogP contribution in [0.2, 0.25) is 5.02 Å². The summed E-state index contributed by atoms with van der Waals surface area (Å²) in [6.45, 7) is 2.46. The molecule has 0 spiro atoms. The Labute approximate surface area is 156 Å². The van der Waals surface area contributed by atoms with Crippen LogP contribution in [0.3, 0.4) is 0 Å². The molecule has 7 heteroatoms. The number of benzene rings is 1. The van der Waals surface area contributed by atoms with Crippen LogP contribution in [0.25, 0.3) is 22.0 Å². The molecular formula is C19H19ClN4O2. The topological polar surface area (TPSA) is 80.2 Å². The van der Waals surface area contributed by atoms with Gasteiger partial charge in [-0.15, -0.1) is 10.2 Å². The molecule has 0 aliphatic carbocycles. The van der Waals surface area contributed by atoms with Crippen molar-refractivity contribution in [2.45, 2.75) is 12.8 Å². The fourth-order valence-electron chi connectivity index (χ4n) is 3.22. The van der Waals surface area contributed by atoms with Crippen molar-refractivity contribution in [2.75, 3.05) is 25.1 Å². The van der Waals surface area contributed by atoms with Crippen LogP contribution >= 0.6 is 11.6 Å². The number of phenols is 1. The minimum absolute atomic E-state index is 0.0767. The molecule has 0 radical (unpaired) electrons. The molecule has 4 rings (SSSR count). The van der Waals surface area contributed by atoms with E-state index in [9.17, 15) is 5.11 Å². The molecule has 1 aliphatic rings. The van der Waals surface area contributed by atoms with E-state index in [1.807, 2.05) is 6.07 Å². The minimum atomic E-state index is 0.0767. The molecule has 134 valence electrons.